The monoisotopic (exact) mass is 475 g/mol. The van der Waals surface area contributed by atoms with Crippen LogP contribution >= 0.6 is 15.9 Å². The molecule has 0 saturated carbocycles. The predicted molar refractivity (Wildman–Crippen MR) is 115 cm³/mol. The number of Topliss-reactive ketones (excluding diaryl/α,β-unsaturated/α-hetero) is 1. The number of ketones is 1. The summed E-state index contributed by atoms with van der Waals surface area (Å²) < 4.78 is 11.2. The molecule has 6 nitrogen and oxygen atoms in total. The lowest BCUT2D eigenvalue weighted by Crippen LogP contribution is -2.43. The van der Waals surface area contributed by atoms with E-state index in [4.69, 9.17) is 9.47 Å². The highest BCUT2D eigenvalue weighted by Crippen LogP contribution is 2.45. The lowest BCUT2D eigenvalue weighted by atomic mass is 9.69. The van der Waals surface area contributed by atoms with Crippen LogP contribution in [0.4, 0.5) is 0 Å². The van der Waals surface area contributed by atoms with Crippen molar-refractivity contribution in [1.82, 2.24) is 5.32 Å². The zero-order valence-electron chi connectivity index (χ0n) is 17.6. The topological polar surface area (TPSA) is 81.7 Å². The Morgan fingerprint density at radius 2 is 2.03 bits per heavy atom. The molecule has 1 N–H and O–H groups in total. The standard InChI is InChI=1S/C23H26BrNO5/c1-5-9-30-23(28)18-13(3)25-16-10-12(2)17(22(27)29-4)21(26)20(16)19(18)14-7-6-8-15(24)11-14/h6-8,11-12,17,19,25H,5,9-10H2,1-4H3/t12-,17+,19+/m1/s1. The van der Waals surface area contributed by atoms with Crippen molar-refractivity contribution in [3.63, 3.8) is 0 Å². The molecule has 3 atom stereocenters. The summed E-state index contributed by atoms with van der Waals surface area (Å²) in [6, 6.07) is 7.51. The summed E-state index contributed by atoms with van der Waals surface area (Å²) in [5, 5.41) is 3.25. The second-order valence-electron chi connectivity index (χ2n) is 7.73. The van der Waals surface area contributed by atoms with E-state index in [9.17, 15) is 14.4 Å². The minimum Gasteiger partial charge on any atom is -0.468 e. The number of hydrogen-bond donors (Lipinski definition) is 1. The van der Waals surface area contributed by atoms with Gasteiger partial charge >= 0.3 is 11.9 Å². The molecule has 0 amide bonds. The van der Waals surface area contributed by atoms with Crippen molar-refractivity contribution in [3.8, 4) is 0 Å². The fourth-order valence-corrected chi connectivity index (χ4v) is 4.66. The first kappa shape index (κ1) is 22.3. The van der Waals surface area contributed by atoms with E-state index in [0.717, 1.165) is 15.7 Å². The first-order valence-electron chi connectivity index (χ1n) is 10.1. The summed E-state index contributed by atoms with van der Waals surface area (Å²) in [6.45, 7) is 5.90. The lowest BCUT2D eigenvalue weighted by molar-refractivity contribution is -0.151. The number of ether oxygens (including phenoxy) is 2. The van der Waals surface area contributed by atoms with Crippen LogP contribution in [-0.4, -0.2) is 31.4 Å². The van der Waals surface area contributed by atoms with E-state index in [2.05, 4.69) is 21.2 Å². The van der Waals surface area contributed by atoms with Gasteiger partial charge in [0.05, 0.1) is 19.3 Å². The minimum absolute atomic E-state index is 0.208. The van der Waals surface area contributed by atoms with E-state index < -0.39 is 23.8 Å². The third-order valence-electron chi connectivity index (χ3n) is 5.58. The Morgan fingerprint density at radius 1 is 1.30 bits per heavy atom. The quantitative estimate of drug-likeness (QED) is 0.511. The summed E-state index contributed by atoms with van der Waals surface area (Å²) in [4.78, 5) is 38.9. The zero-order valence-corrected chi connectivity index (χ0v) is 19.2. The van der Waals surface area contributed by atoms with Crippen LogP contribution < -0.4 is 5.32 Å². The summed E-state index contributed by atoms with van der Waals surface area (Å²) in [7, 11) is 1.29. The second-order valence-corrected chi connectivity index (χ2v) is 8.64. The number of carbonyl (C=O) groups excluding carboxylic acids is 3. The van der Waals surface area contributed by atoms with Gasteiger partial charge in [0.25, 0.3) is 0 Å². The fourth-order valence-electron chi connectivity index (χ4n) is 4.24. The number of hydrogen-bond acceptors (Lipinski definition) is 6. The Labute approximate surface area is 184 Å². The van der Waals surface area contributed by atoms with Gasteiger partial charge in [0.1, 0.15) is 5.92 Å². The smallest absolute Gasteiger partial charge is 0.336 e. The molecule has 30 heavy (non-hydrogen) atoms. The maximum absolute atomic E-state index is 13.5. The molecule has 0 radical (unpaired) electrons. The van der Waals surface area contributed by atoms with Gasteiger partial charge in [-0.25, -0.2) is 4.79 Å². The molecule has 0 unspecified atom stereocenters. The molecule has 2 aliphatic rings. The van der Waals surface area contributed by atoms with Crippen molar-refractivity contribution in [1.29, 1.82) is 0 Å². The SMILES string of the molecule is CCCOC(=O)C1=C(C)NC2=C(C(=O)[C@@H](C(=O)OC)[C@H](C)C2)[C@H]1c1cccc(Br)c1. The van der Waals surface area contributed by atoms with Crippen LogP contribution in [0.5, 0.6) is 0 Å². The van der Waals surface area contributed by atoms with Gasteiger partial charge in [0.2, 0.25) is 0 Å². The van der Waals surface area contributed by atoms with Crippen molar-refractivity contribution >= 4 is 33.7 Å². The average molecular weight is 476 g/mol. The first-order chi connectivity index (χ1) is 14.3. The molecular formula is C23H26BrNO5. The predicted octanol–water partition coefficient (Wildman–Crippen LogP) is 4.02. The largest absolute Gasteiger partial charge is 0.468 e. The van der Waals surface area contributed by atoms with Crippen LogP contribution in [-0.2, 0) is 23.9 Å². The summed E-state index contributed by atoms with van der Waals surface area (Å²) in [5.41, 5.74) is 3.04. The van der Waals surface area contributed by atoms with Gasteiger partial charge in [-0.2, -0.15) is 0 Å². The number of dihydropyridines is 1. The molecule has 1 aromatic carbocycles. The van der Waals surface area contributed by atoms with Crippen LogP contribution in [0.25, 0.3) is 0 Å². The Kier molecular flexibility index (Phi) is 6.81. The summed E-state index contributed by atoms with van der Waals surface area (Å²) in [6.07, 6.45) is 1.21. The molecule has 1 aromatic rings. The highest BCUT2D eigenvalue weighted by atomic mass is 79.9. The van der Waals surface area contributed by atoms with E-state index in [0.29, 0.717) is 36.3 Å². The maximum Gasteiger partial charge on any atom is 0.336 e. The van der Waals surface area contributed by atoms with Crippen LogP contribution in [0.15, 0.2) is 51.3 Å². The number of carbonyl (C=O) groups is 3. The molecule has 7 heteroatoms. The van der Waals surface area contributed by atoms with Crippen molar-refractivity contribution in [3.05, 3.63) is 56.8 Å². The van der Waals surface area contributed by atoms with E-state index in [1.54, 1.807) is 0 Å². The van der Waals surface area contributed by atoms with E-state index in [1.807, 2.05) is 45.0 Å². The van der Waals surface area contributed by atoms with E-state index in [1.165, 1.54) is 7.11 Å². The number of halogens is 1. The third kappa shape index (κ3) is 4.08. The molecule has 1 aliphatic carbocycles. The summed E-state index contributed by atoms with van der Waals surface area (Å²) >= 11 is 3.48. The Bertz CT molecular complexity index is 949. The van der Waals surface area contributed by atoms with E-state index >= 15 is 0 Å². The highest BCUT2D eigenvalue weighted by Gasteiger charge is 2.47. The van der Waals surface area contributed by atoms with Crippen LogP contribution in [0, 0.1) is 11.8 Å². The van der Waals surface area contributed by atoms with Crippen LogP contribution in [0.1, 0.15) is 45.1 Å². The average Bonchev–Trinajstić information content (AvgIpc) is 2.70. The first-order valence-corrected chi connectivity index (χ1v) is 10.8. The maximum atomic E-state index is 13.5. The highest BCUT2D eigenvalue weighted by molar-refractivity contribution is 9.10. The minimum atomic E-state index is -0.892. The normalized spacial score (nSPS) is 23.6. The molecule has 160 valence electrons. The number of benzene rings is 1. The molecule has 1 aliphatic heterocycles. The van der Waals surface area contributed by atoms with Gasteiger partial charge in [-0.05, 0) is 43.4 Å². The van der Waals surface area contributed by atoms with Crippen molar-refractivity contribution in [2.45, 2.75) is 39.5 Å². The van der Waals surface area contributed by atoms with Gasteiger partial charge in [0, 0.05) is 27.4 Å². The van der Waals surface area contributed by atoms with Crippen LogP contribution in [0.3, 0.4) is 0 Å². The molecule has 0 aromatic heterocycles. The van der Waals surface area contributed by atoms with Gasteiger partial charge in [-0.15, -0.1) is 0 Å². The molecule has 0 bridgehead atoms. The van der Waals surface area contributed by atoms with Crippen LogP contribution in [0.2, 0.25) is 0 Å². The van der Waals surface area contributed by atoms with E-state index in [-0.39, 0.29) is 11.7 Å². The van der Waals surface area contributed by atoms with Crippen molar-refractivity contribution in [2.24, 2.45) is 11.8 Å². The Hall–Kier alpha value is -2.41. The fraction of sp³-hybridized carbons (Fsp3) is 0.435. The zero-order chi connectivity index (χ0) is 22.0. The van der Waals surface area contributed by atoms with Crippen molar-refractivity contribution < 1.29 is 23.9 Å². The van der Waals surface area contributed by atoms with Gasteiger partial charge in [-0.1, -0.05) is 41.9 Å². The van der Waals surface area contributed by atoms with Gasteiger partial charge in [0.15, 0.2) is 5.78 Å². The lowest BCUT2D eigenvalue weighted by Gasteiger charge is -2.38. The molecule has 3 rings (SSSR count). The Balaban J connectivity index is 2.16. The molecule has 0 fully saturated rings. The Morgan fingerprint density at radius 3 is 2.67 bits per heavy atom. The number of esters is 2. The number of nitrogens with one attached hydrogen (secondary N) is 1. The number of allylic oxidation sites excluding steroid dienone is 3. The van der Waals surface area contributed by atoms with Crippen molar-refractivity contribution in [2.75, 3.05) is 13.7 Å². The molecule has 1 heterocycles. The van der Waals surface area contributed by atoms with Gasteiger partial charge in [-0.3, -0.25) is 9.59 Å². The second kappa shape index (κ2) is 9.16. The van der Waals surface area contributed by atoms with Gasteiger partial charge < -0.3 is 14.8 Å². The number of rotatable bonds is 5. The molecule has 0 spiro atoms. The third-order valence-corrected chi connectivity index (χ3v) is 6.08. The molecule has 0 saturated heterocycles. The summed E-state index contributed by atoms with van der Waals surface area (Å²) in [5.74, 6) is -3.03. The number of methoxy groups -OCH3 is 1. The molecular weight excluding hydrogens is 450 g/mol.